The molecule has 0 N–H and O–H groups in total. The summed E-state index contributed by atoms with van der Waals surface area (Å²) in [5.74, 6) is 1.79. The Morgan fingerprint density at radius 2 is 1.76 bits per heavy atom. The van der Waals surface area contributed by atoms with Crippen molar-refractivity contribution in [3.63, 3.8) is 0 Å². The lowest BCUT2D eigenvalue weighted by Crippen LogP contribution is -2.48. The Kier molecular flexibility index (Phi) is 6.18. The van der Waals surface area contributed by atoms with Crippen LogP contribution in [-0.2, 0) is 6.54 Å². The van der Waals surface area contributed by atoms with Crippen molar-refractivity contribution in [3.8, 4) is 17.5 Å². The smallest absolute Gasteiger partial charge is 0.255 e. The number of piperazine rings is 1. The number of carbonyl (C=O) groups excluding carboxylic acids is 1. The largest absolute Gasteiger partial charge is 0.339 e. The van der Waals surface area contributed by atoms with Crippen LogP contribution in [-0.4, -0.2) is 52.0 Å². The number of carbonyl (C=O) groups is 1. The fourth-order valence-electron chi connectivity index (χ4n) is 4.75. The van der Waals surface area contributed by atoms with E-state index in [1.807, 2.05) is 4.90 Å². The van der Waals surface area contributed by atoms with Crippen LogP contribution in [0.3, 0.4) is 0 Å². The Balaban J connectivity index is 1.16. The SMILES string of the molecule is N#Cc1ccccc1C(=O)N1CCN(Cc2ccc(-c3noc(C4CCCC4)n3)cc2)CC1. The Morgan fingerprint density at radius 1 is 1.03 bits per heavy atom. The zero-order chi connectivity index (χ0) is 22.6. The molecular formula is C26H27N5O2. The second kappa shape index (κ2) is 9.55. The molecule has 1 saturated heterocycles. The molecule has 168 valence electrons. The predicted octanol–water partition coefficient (Wildman–Crippen LogP) is 4.22. The summed E-state index contributed by atoms with van der Waals surface area (Å²) < 4.78 is 5.51. The minimum absolute atomic E-state index is 0.0618. The van der Waals surface area contributed by atoms with Crippen molar-refractivity contribution in [3.05, 3.63) is 71.1 Å². The highest BCUT2D eigenvalue weighted by molar-refractivity contribution is 5.96. The molecule has 7 heteroatoms. The van der Waals surface area contributed by atoms with E-state index in [2.05, 4.69) is 45.4 Å². The van der Waals surface area contributed by atoms with Crippen LogP contribution >= 0.6 is 0 Å². The van der Waals surface area contributed by atoms with E-state index in [9.17, 15) is 10.1 Å². The molecule has 0 radical (unpaired) electrons. The molecule has 1 aromatic heterocycles. The van der Waals surface area contributed by atoms with Crippen molar-refractivity contribution in [2.24, 2.45) is 0 Å². The molecule has 2 fully saturated rings. The monoisotopic (exact) mass is 441 g/mol. The van der Waals surface area contributed by atoms with Crippen molar-refractivity contribution in [1.29, 1.82) is 5.26 Å². The lowest BCUT2D eigenvalue weighted by molar-refractivity contribution is 0.0628. The highest BCUT2D eigenvalue weighted by Crippen LogP contribution is 2.33. The molecule has 2 aliphatic rings. The fraction of sp³-hybridized carbons (Fsp3) is 0.385. The molecule has 3 aromatic rings. The molecule has 1 amide bonds. The molecule has 1 aliphatic carbocycles. The van der Waals surface area contributed by atoms with Gasteiger partial charge in [-0.05, 0) is 30.5 Å². The van der Waals surface area contributed by atoms with Crippen molar-refractivity contribution >= 4 is 5.91 Å². The highest BCUT2D eigenvalue weighted by Gasteiger charge is 2.25. The lowest BCUT2D eigenvalue weighted by atomic mass is 10.1. The highest BCUT2D eigenvalue weighted by atomic mass is 16.5. The van der Waals surface area contributed by atoms with Gasteiger partial charge in [0.15, 0.2) is 0 Å². The van der Waals surface area contributed by atoms with E-state index >= 15 is 0 Å². The van der Waals surface area contributed by atoms with Crippen LogP contribution in [0.4, 0.5) is 0 Å². The maximum atomic E-state index is 12.8. The van der Waals surface area contributed by atoms with E-state index in [1.54, 1.807) is 24.3 Å². The molecule has 2 aromatic carbocycles. The number of hydrogen-bond acceptors (Lipinski definition) is 6. The molecular weight excluding hydrogens is 414 g/mol. The van der Waals surface area contributed by atoms with Crippen molar-refractivity contribution in [1.82, 2.24) is 19.9 Å². The van der Waals surface area contributed by atoms with Crippen LogP contribution in [0.5, 0.6) is 0 Å². The number of amides is 1. The number of aromatic nitrogens is 2. The Morgan fingerprint density at radius 3 is 2.48 bits per heavy atom. The molecule has 1 aliphatic heterocycles. The van der Waals surface area contributed by atoms with Gasteiger partial charge in [0.05, 0.1) is 17.2 Å². The van der Waals surface area contributed by atoms with Crippen LogP contribution in [0.25, 0.3) is 11.4 Å². The summed E-state index contributed by atoms with van der Waals surface area (Å²) in [5, 5.41) is 13.5. The third-order valence-corrected chi connectivity index (χ3v) is 6.70. The normalized spacial score (nSPS) is 17.2. The first-order valence-corrected chi connectivity index (χ1v) is 11.6. The Hall–Kier alpha value is -3.50. The van der Waals surface area contributed by atoms with Gasteiger partial charge in [0, 0.05) is 44.2 Å². The van der Waals surface area contributed by atoms with Gasteiger partial charge < -0.3 is 9.42 Å². The molecule has 33 heavy (non-hydrogen) atoms. The summed E-state index contributed by atoms with van der Waals surface area (Å²) in [4.78, 5) is 21.7. The van der Waals surface area contributed by atoms with Gasteiger partial charge in [-0.2, -0.15) is 10.2 Å². The number of nitrogens with zero attached hydrogens (tertiary/aromatic N) is 5. The quantitative estimate of drug-likeness (QED) is 0.589. The number of benzene rings is 2. The van der Waals surface area contributed by atoms with Crippen molar-refractivity contribution < 1.29 is 9.32 Å². The number of hydrogen-bond donors (Lipinski definition) is 0. The van der Waals surface area contributed by atoms with E-state index in [4.69, 9.17) is 4.52 Å². The molecule has 7 nitrogen and oxygen atoms in total. The van der Waals surface area contributed by atoms with E-state index in [0.29, 0.717) is 36.0 Å². The minimum Gasteiger partial charge on any atom is -0.339 e. The molecule has 0 unspecified atom stereocenters. The Bertz CT molecular complexity index is 1150. The predicted molar refractivity (Wildman–Crippen MR) is 123 cm³/mol. The number of nitriles is 1. The first kappa shape index (κ1) is 21.4. The second-order valence-corrected chi connectivity index (χ2v) is 8.86. The second-order valence-electron chi connectivity index (χ2n) is 8.86. The van der Waals surface area contributed by atoms with E-state index in [-0.39, 0.29) is 5.91 Å². The summed E-state index contributed by atoms with van der Waals surface area (Å²) in [7, 11) is 0. The minimum atomic E-state index is -0.0618. The topological polar surface area (TPSA) is 86.3 Å². The van der Waals surface area contributed by atoms with Gasteiger partial charge in [-0.25, -0.2) is 0 Å². The molecule has 0 spiro atoms. The van der Waals surface area contributed by atoms with E-state index in [0.717, 1.165) is 43.9 Å². The van der Waals surface area contributed by atoms with Crippen molar-refractivity contribution in [2.75, 3.05) is 26.2 Å². The summed E-state index contributed by atoms with van der Waals surface area (Å²) in [5.41, 5.74) is 3.11. The van der Waals surface area contributed by atoms with Crippen molar-refractivity contribution in [2.45, 2.75) is 38.1 Å². The summed E-state index contributed by atoms with van der Waals surface area (Å²) >= 11 is 0. The maximum absolute atomic E-state index is 12.8. The maximum Gasteiger partial charge on any atom is 0.255 e. The van der Waals surface area contributed by atoms with Crippen LogP contribution in [0.1, 0.15) is 59.0 Å². The fourth-order valence-corrected chi connectivity index (χ4v) is 4.75. The summed E-state index contributed by atoms with van der Waals surface area (Å²) in [6.45, 7) is 3.75. The number of rotatable bonds is 5. The molecule has 1 saturated carbocycles. The molecule has 0 atom stereocenters. The average molecular weight is 442 g/mol. The zero-order valence-electron chi connectivity index (χ0n) is 18.6. The van der Waals surface area contributed by atoms with Gasteiger partial charge in [-0.1, -0.05) is 54.4 Å². The van der Waals surface area contributed by atoms with Gasteiger partial charge in [0.2, 0.25) is 11.7 Å². The lowest BCUT2D eigenvalue weighted by Gasteiger charge is -2.35. The standard InChI is InChI=1S/C26H27N5O2/c27-17-22-7-3-4-8-23(22)26(32)31-15-13-30(14-16-31)18-19-9-11-20(12-10-19)24-28-25(33-29-24)21-5-1-2-6-21/h3-4,7-12,21H,1-2,5-6,13-16,18H2. The average Bonchev–Trinajstić information content (AvgIpc) is 3.57. The van der Waals surface area contributed by atoms with Gasteiger partial charge in [-0.3, -0.25) is 9.69 Å². The summed E-state index contributed by atoms with van der Waals surface area (Å²) in [6, 6.07) is 17.5. The molecule has 0 bridgehead atoms. The van der Waals surface area contributed by atoms with Gasteiger partial charge in [-0.15, -0.1) is 0 Å². The van der Waals surface area contributed by atoms with Crippen LogP contribution < -0.4 is 0 Å². The van der Waals surface area contributed by atoms with E-state index < -0.39 is 0 Å². The van der Waals surface area contributed by atoms with Crippen LogP contribution in [0.15, 0.2) is 53.1 Å². The first-order valence-electron chi connectivity index (χ1n) is 11.6. The van der Waals surface area contributed by atoms with Crippen LogP contribution in [0, 0.1) is 11.3 Å². The third kappa shape index (κ3) is 4.67. The first-order chi connectivity index (χ1) is 16.2. The van der Waals surface area contributed by atoms with Crippen LogP contribution in [0.2, 0.25) is 0 Å². The Labute approximate surface area is 193 Å². The summed E-state index contributed by atoms with van der Waals surface area (Å²) in [6.07, 6.45) is 4.77. The third-order valence-electron chi connectivity index (χ3n) is 6.70. The van der Waals surface area contributed by atoms with Gasteiger partial charge >= 0.3 is 0 Å². The molecule has 5 rings (SSSR count). The molecule has 2 heterocycles. The van der Waals surface area contributed by atoms with Gasteiger partial charge in [0.25, 0.3) is 5.91 Å². The van der Waals surface area contributed by atoms with Gasteiger partial charge in [0.1, 0.15) is 0 Å². The van der Waals surface area contributed by atoms with E-state index in [1.165, 1.54) is 18.4 Å². The zero-order valence-corrected chi connectivity index (χ0v) is 18.6.